The van der Waals surface area contributed by atoms with E-state index in [0.717, 1.165) is 12.1 Å². The Morgan fingerprint density at radius 1 is 1.44 bits per heavy atom. The van der Waals surface area contributed by atoms with E-state index in [2.05, 4.69) is 0 Å². The second kappa shape index (κ2) is 5.17. The minimum absolute atomic E-state index is 0.282. The summed E-state index contributed by atoms with van der Waals surface area (Å²) in [5, 5.41) is 8.52. The van der Waals surface area contributed by atoms with Crippen LogP contribution < -0.4 is 0 Å². The molecule has 1 aromatic carbocycles. The van der Waals surface area contributed by atoms with Crippen LogP contribution in [0, 0.1) is 23.1 Å². The Balaban J connectivity index is 3.17. The standard InChI is InChI=1S/C12H9F4NO/c1-7(6-17)4-11(18)9-3-2-8(13)5-10(9)12(14,15)16/h2-3,5,7H,4H2,1H3. The van der Waals surface area contributed by atoms with E-state index in [1.165, 1.54) is 6.92 Å². The number of halogens is 4. The van der Waals surface area contributed by atoms with E-state index in [0.29, 0.717) is 0 Å². The fraction of sp³-hybridized carbons (Fsp3) is 0.333. The van der Waals surface area contributed by atoms with Crippen LogP contribution in [0.3, 0.4) is 0 Å². The van der Waals surface area contributed by atoms with Crippen LogP contribution in [0.2, 0.25) is 0 Å². The van der Waals surface area contributed by atoms with Crippen molar-refractivity contribution in [3.63, 3.8) is 0 Å². The Morgan fingerprint density at radius 2 is 2.06 bits per heavy atom. The lowest BCUT2D eigenvalue weighted by atomic mass is 9.96. The number of rotatable bonds is 3. The van der Waals surface area contributed by atoms with Gasteiger partial charge in [-0.1, -0.05) is 0 Å². The molecule has 0 radical (unpaired) electrons. The van der Waals surface area contributed by atoms with Gasteiger partial charge in [0.05, 0.1) is 17.6 Å². The molecule has 96 valence electrons. The number of alkyl halides is 3. The number of nitrogens with zero attached hydrogens (tertiary/aromatic N) is 1. The molecule has 0 aliphatic rings. The van der Waals surface area contributed by atoms with Crippen LogP contribution in [0.5, 0.6) is 0 Å². The Labute approximate surface area is 101 Å². The molecule has 0 aliphatic heterocycles. The van der Waals surface area contributed by atoms with Gasteiger partial charge in [-0.25, -0.2) is 4.39 Å². The first kappa shape index (κ1) is 14.2. The van der Waals surface area contributed by atoms with Gasteiger partial charge in [-0.3, -0.25) is 4.79 Å². The summed E-state index contributed by atoms with van der Waals surface area (Å²) in [6.07, 6.45) is -5.13. The lowest BCUT2D eigenvalue weighted by Gasteiger charge is -2.12. The second-order valence-electron chi connectivity index (χ2n) is 3.85. The van der Waals surface area contributed by atoms with Crippen LogP contribution in [0.4, 0.5) is 17.6 Å². The van der Waals surface area contributed by atoms with Crippen LogP contribution >= 0.6 is 0 Å². The zero-order valence-corrected chi connectivity index (χ0v) is 9.38. The highest BCUT2D eigenvalue weighted by Gasteiger charge is 2.35. The molecule has 1 aromatic rings. The molecule has 6 heteroatoms. The highest BCUT2D eigenvalue weighted by molar-refractivity contribution is 5.97. The number of carbonyl (C=O) groups excluding carboxylic acids is 1. The number of hydrogen-bond donors (Lipinski definition) is 0. The number of Topliss-reactive ketones (excluding diaryl/α,β-unsaturated/α-hetero) is 1. The molecule has 1 unspecified atom stereocenters. The first-order valence-electron chi connectivity index (χ1n) is 5.05. The number of hydrogen-bond acceptors (Lipinski definition) is 2. The average molecular weight is 259 g/mol. The largest absolute Gasteiger partial charge is 0.417 e. The van der Waals surface area contributed by atoms with Crippen molar-refractivity contribution in [3.05, 3.63) is 35.1 Å². The molecule has 0 aromatic heterocycles. The van der Waals surface area contributed by atoms with Gasteiger partial charge in [0.1, 0.15) is 5.82 Å². The molecule has 2 nitrogen and oxygen atoms in total. The molecule has 0 saturated heterocycles. The van der Waals surface area contributed by atoms with Crippen molar-refractivity contribution in [3.8, 4) is 6.07 Å². The van der Waals surface area contributed by atoms with Gasteiger partial charge < -0.3 is 0 Å². The minimum atomic E-state index is -4.80. The molecule has 18 heavy (non-hydrogen) atoms. The second-order valence-corrected chi connectivity index (χ2v) is 3.85. The van der Waals surface area contributed by atoms with Crippen molar-refractivity contribution >= 4 is 5.78 Å². The topological polar surface area (TPSA) is 40.9 Å². The lowest BCUT2D eigenvalue weighted by Crippen LogP contribution is -2.15. The SMILES string of the molecule is CC(C#N)CC(=O)c1ccc(F)cc1C(F)(F)F. The third-order valence-corrected chi connectivity index (χ3v) is 2.30. The van der Waals surface area contributed by atoms with Crippen molar-refractivity contribution in [1.29, 1.82) is 5.26 Å². The monoisotopic (exact) mass is 259 g/mol. The molecule has 0 N–H and O–H groups in total. The number of benzene rings is 1. The predicted octanol–water partition coefficient (Wildman–Crippen LogP) is 3.58. The lowest BCUT2D eigenvalue weighted by molar-refractivity contribution is -0.138. The van der Waals surface area contributed by atoms with Gasteiger partial charge in [0.25, 0.3) is 0 Å². The zero-order chi connectivity index (χ0) is 13.9. The summed E-state index contributed by atoms with van der Waals surface area (Å²) in [6.45, 7) is 1.43. The first-order chi connectivity index (χ1) is 8.25. The summed E-state index contributed by atoms with van der Waals surface area (Å²) >= 11 is 0. The molecule has 0 spiro atoms. The molecule has 0 saturated carbocycles. The van der Waals surface area contributed by atoms with Gasteiger partial charge in [-0.2, -0.15) is 18.4 Å². The summed E-state index contributed by atoms with van der Waals surface area (Å²) in [5.41, 5.74) is -1.91. The van der Waals surface area contributed by atoms with E-state index in [9.17, 15) is 22.4 Å². The summed E-state index contributed by atoms with van der Waals surface area (Å²) in [7, 11) is 0. The Morgan fingerprint density at radius 3 is 2.56 bits per heavy atom. The summed E-state index contributed by atoms with van der Waals surface area (Å²) in [4.78, 5) is 11.6. The van der Waals surface area contributed by atoms with Gasteiger partial charge in [-0.05, 0) is 25.1 Å². The number of ketones is 1. The number of nitriles is 1. The van der Waals surface area contributed by atoms with Gasteiger partial charge in [0, 0.05) is 12.0 Å². The molecule has 0 aliphatic carbocycles. The van der Waals surface area contributed by atoms with Crippen molar-refractivity contribution in [2.45, 2.75) is 19.5 Å². The molecule has 1 atom stereocenters. The quantitative estimate of drug-likeness (QED) is 0.615. The molecule has 0 fully saturated rings. The number of carbonyl (C=O) groups is 1. The molecule has 1 rings (SSSR count). The van der Waals surface area contributed by atoms with Gasteiger partial charge in [-0.15, -0.1) is 0 Å². The van der Waals surface area contributed by atoms with Crippen LogP contribution in [-0.2, 0) is 6.18 Å². The van der Waals surface area contributed by atoms with Gasteiger partial charge in [0.2, 0.25) is 0 Å². The molecular formula is C12H9F4NO. The van der Waals surface area contributed by atoms with Crippen LogP contribution in [0.25, 0.3) is 0 Å². The third-order valence-electron chi connectivity index (χ3n) is 2.30. The fourth-order valence-corrected chi connectivity index (χ4v) is 1.43. The van der Waals surface area contributed by atoms with E-state index >= 15 is 0 Å². The predicted molar refractivity (Wildman–Crippen MR) is 55.1 cm³/mol. The van der Waals surface area contributed by atoms with Crippen LogP contribution in [0.15, 0.2) is 18.2 Å². The van der Waals surface area contributed by atoms with Gasteiger partial charge >= 0.3 is 6.18 Å². The normalized spacial score (nSPS) is 12.9. The van der Waals surface area contributed by atoms with E-state index in [4.69, 9.17) is 5.26 Å². The molecule has 0 heterocycles. The maximum Gasteiger partial charge on any atom is 0.417 e. The summed E-state index contributed by atoms with van der Waals surface area (Å²) in [5.74, 6) is -2.58. The minimum Gasteiger partial charge on any atom is -0.294 e. The average Bonchev–Trinajstić information content (AvgIpc) is 2.27. The van der Waals surface area contributed by atoms with E-state index < -0.39 is 34.8 Å². The Bertz CT molecular complexity index is 502. The van der Waals surface area contributed by atoms with Crippen molar-refractivity contribution in [2.24, 2.45) is 5.92 Å². The van der Waals surface area contributed by atoms with E-state index in [1.54, 1.807) is 6.07 Å². The molecule has 0 amide bonds. The fourth-order valence-electron chi connectivity index (χ4n) is 1.43. The van der Waals surface area contributed by atoms with Crippen LogP contribution in [-0.4, -0.2) is 5.78 Å². The smallest absolute Gasteiger partial charge is 0.294 e. The molecular weight excluding hydrogens is 250 g/mol. The Hall–Kier alpha value is -1.90. The van der Waals surface area contributed by atoms with Crippen molar-refractivity contribution in [2.75, 3.05) is 0 Å². The van der Waals surface area contributed by atoms with Crippen LogP contribution in [0.1, 0.15) is 29.3 Å². The van der Waals surface area contributed by atoms with E-state index in [1.807, 2.05) is 0 Å². The highest BCUT2D eigenvalue weighted by atomic mass is 19.4. The first-order valence-corrected chi connectivity index (χ1v) is 5.05. The maximum absolute atomic E-state index is 12.8. The Kier molecular flexibility index (Phi) is 4.07. The maximum atomic E-state index is 12.8. The van der Waals surface area contributed by atoms with Gasteiger partial charge in [0.15, 0.2) is 5.78 Å². The zero-order valence-electron chi connectivity index (χ0n) is 9.38. The third kappa shape index (κ3) is 3.29. The highest BCUT2D eigenvalue weighted by Crippen LogP contribution is 2.33. The van der Waals surface area contributed by atoms with E-state index in [-0.39, 0.29) is 12.5 Å². The van der Waals surface area contributed by atoms with Crippen molar-refractivity contribution in [1.82, 2.24) is 0 Å². The summed E-state index contributed by atoms with van der Waals surface area (Å²) in [6, 6.07) is 3.63. The summed E-state index contributed by atoms with van der Waals surface area (Å²) < 4.78 is 50.7. The van der Waals surface area contributed by atoms with Crippen molar-refractivity contribution < 1.29 is 22.4 Å². The molecule has 0 bridgehead atoms.